The number of aromatic nitrogens is 2. The molecule has 1 amide bonds. The van der Waals surface area contributed by atoms with Crippen molar-refractivity contribution in [2.75, 3.05) is 13.1 Å². The molecule has 6 nitrogen and oxygen atoms in total. The summed E-state index contributed by atoms with van der Waals surface area (Å²) in [4.78, 5) is 13.8. The first kappa shape index (κ1) is 18.7. The van der Waals surface area contributed by atoms with Gasteiger partial charge in [0.15, 0.2) is 0 Å². The largest absolute Gasteiger partial charge is 0.296 e. The number of benzene rings is 1. The first-order valence-corrected chi connectivity index (χ1v) is 9.91. The Morgan fingerprint density at radius 1 is 1.18 bits per heavy atom. The molecule has 1 aliphatic rings. The fourth-order valence-corrected chi connectivity index (χ4v) is 4.14. The number of hydroxylamine groups is 1. The van der Waals surface area contributed by atoms with Crippen molar-refractivity contribution in [3.05, 3.63) is 71.5 Å². The lowest BCUT2D eigenvalue weighted by molar-refractivity contribution is -0.129. The van der Waals surface area contributed by atoms with Gasteiger partial charge in [0.05, 0.1) is 11.7 Å². The van der Waals surface area contributed by atoms with Crippen LogP contribution in [-0.2, 0) is 17.6 Å². The molecular weight excluding hydrogens is 352 g/mol. The second-order valence-corrected chi connectivity index (χ2v) is 7.42. The van der Waals surface area contributed by atoms with Crippen LogP contribution in [0.2, 0.25) is 0 Å². The summed E-state index contributed by atoms with van der Waals surface area (Å²) >= 11 is 0. The second kappa shape index (κ2) is 8.54. The molecule has 2 N–H and O–H groups in total. The second-order valence-electron chi connectivity index (χ2n) is 7.42. The maximum absolute atomic E-state index is 11.2. The number of amides is 1. The highest BCUT2D eigenvalue weighted by atomic mass is 16.5. The lowest BCUT2D eigenvalue weighted by Crippen LogP contribution is -2.25. The number of carbonyl (C=O) groups is 1. The quantitative estimate of drug-likeness (QED) is 0.489. The van der Waals surface area contributed by atoms with Crippen LogP contribution < -0.4 is 5.48 Å². The van der Waals surface area contributed by atoms with Crippen molar-refractivity contribution in [1.82, 2.24) is 20.0 Å². The molecule has 2 aromatic heterocycles. The molecule has 6 heteroatoms. The lowest BCUT2D eigenvalue weighted by Gasteiger charge is -2.25. The van der Waals surface area contributed by atoms with Crippen molar-refractivity contribution in [2.24, 2.45) is 0 Å². The third-order valence-corrected chi connectivity index (χ3v) is 5.67. The van der Waals surface area contributed by atoms with Crippen LogP contribution in [0.3, 0.4) is 0 Å². The van der Waals surface area contributed by atoms with Gasteiger partial charge >= 0.3 is 0 Å². The minimum atomic E-state index is -0.348. The molecule has 1 aliphatic heterocycles. The van der Waals surface area contributed by atoms with Crippen LogP contribution in [-0.4, -0.2) is 38.7 Å². The Balaban J connectivity index is 1.38. The molecule has 1 fully saturated rings. The number of carbonyl (C=O) groups excluding carboxylic acids is 1. The van der Waals surface area contributed by atoms with E-state index in [2.05, 4.69) is 46.4 Å². The highest BCUT2D eigenvalue weighted by Gasteiger charge is 2.25. The molecule has 1 atom stereocenters. The Labute approximate surface area is 164 Å². The Morgan fingerprint density at radius 3 is 2.86 bits per heavy atom. The number of pyridine rings is 1. The van der Waals surface area contributed by atoms with Crippen LogP contribution in [0.15, 0.2) is 54.9 Å². The zero-order valence-electron chi connectivity index (χ0n) is 15.9. The molecule has 146 valence electrons. The highest BCUT2D eigenvalue weighted by molar-refractivity contribution is 5.74. The summed E-state index contributed by atoms with van der Waals surface area (Å²) in [6.07, 6.45) is 8.30. The topological polar surface area (TPSA) is 69.9 Å². The van der Waals surface area contributed by atoms with Crippen LogP contribution in [0.4, 0.5) is 0 Å². The molecule has 28 heavy (non-hydrogen) atoms. The van der Waals surface area contributed by atoms with Gasteiger partial charge in [-0.3, -0.25) is 14.9 Å². The number of likely N-dealkylation sites (tertiary alicyclic amines) is 1. The fourth-order valence-electron chi connectivity index (χ4n) is 4.14. The third-order valence-electron chi connectivity index (χ3n) is 5.67. The summed E-state index contributed by atoms with van der Waals surface area (Å²) < 4.78 is 1.94. The molecule has 0 bridgehead atoms. The molecule has 3 aromatic rings. The number of hydrogen-bond donors (Lipinski definition) is 2. The van der Waals surface area contributed by atoms with Crippen LogP contribution in [0.1, 0.15) is 42.0 Å². The summed E-state index contributed by atoms with van der Waals surface area (Å²) in [5.74, 6) is -0.348. The number of fused-ring (bicyclic) bond motifs is 1. The van der Waals surface area contributed by atoms with E-state index in [1.54, 1.807) is 5.48 Å². The molecule has 0 unspecified atom stereocenters. The smallest absolute Gasteiger partial charge is 0.243 e. The number of aryl methyl sites for hydroxylation is 1. The van der Waals surface area contributed by atoms with E-state index in [1.807, 2.05) is 23.0 Å². The average molecular weight is 378 g/mol. The predicted octanol–water partition coefficient (Wildman–Crippen LogP) is 3.15. The molecule has 1 saturated heterocycles. The van der Waals surface area contributed by atoms with Crippen molar-refractivity contribution < 1.29 is 10.0 Å². The van der Waals surface area contributed by atoms with Gasteiger partial charge in [0.25, 0.3) is 0 Å². The molecular formula is C22H26N4O2. The number of nitrogens with one attached hydrogen (secondary N) is 1. The van der Waals surface area contributed by atoms with Gasteiger partial charge in [0.2, 0.25) is 5.91 Å². The first-order valence-electron chi connectivity index (χ1n) is 9.91. The van der Waals surface area contributed by atoms with Gasteiger partial charge in [-0.25, -0.2) is 10.00 Å². The van der Waals surface area contributed by atoms with E-state index >= 15 is 0 Å². The van der Waals surface area contributed by atoms with E-state index in [0.29, 0.717) is 18.9 Å². The third kappa shape index (κ3) is 4.08. The molecule has 0 spiro atoms. The van der Waals surface area contributed by atoms with Crippen molar-refractivity contribution in [3.63, 3.8) is 0 Å². The summed E-state index contributed by atoms with van der Waals surface area (Å²) in [7, 11) is 0. The van der Waals surface area contributed by atoms with Crippen LogP contribution in [0.25, 0.3) is 5.52 Å². The Kier molecular flexibility index (Phi) is 5.69. The van der Waals surface area contributed by atoms with Gasteiger partial charge in [-0.05, 0) is 61.1 Å². The number of rotatable bonds is 7. The van der Waals surface area contributed by atoms with E-state index in [1.165, 1.54) is 29.5 Å². The monoisotopic (exact) mass is 378 g/mol. The normalized spacial score (nSPS) is 17.2. The maximum atomic E-state index is 11.2. The predicted molar refractivity (Wildman–Crippen MR) is 107 cm³/mol. The van der Waals surface area contributed by atoms with Crippen LogP contribution in [0.5, 0.6) is 0 Å². The van der Waals surface area contributed by atoms with Crippen LogP contribution in [0, 0.1) is 0 Å². The zero-order valence-corrected chi connectivity index (χ0v) is 15.9. The molecule has 4 rings (SSSR count). The van der Waals surface area contributed by atoms with Crippen molar-refractivity contribution in [3.8, 4) is 0 Å². The number of hydrogen-bond acceptors (Lipinski definition) is 4. The molecule has 0 radical (unpaired) electrons. The van der Waals surface area contributed by atoms with E-state index in [9.17, 15) is 4.79 Å². The van der Waals surface area contributed by atoms with Gasteiger partial charge in [-0.1, -0.05) is 30.3 Å². The van der Waals surface area contributed by atoms with Gasteiger partial charge in [-0.2, -0.15) is 5.10 Å². The summed E-state index contributed by atoms with van der Waals surface area (Å²) in [6.45, 7) is 2.15. The number of nitrogens with zero attached hydrogens (tertiary/aromatic N) is 3. The van der Waals surface area contributed by atoms with E-state index < -0.39 is 0 Å². The summed E-state index contributed by atoms with van der Waals surface area (Å²) in [6, 6.07) is 15.2. The van der Waals surface area contributed by atoms with E-state index in [4.69, 9.17) is 5.21 Å². The standard InChI is InChI=1S/C22H26N4O2/c27-22(24-28)11-8-17-6-9-18(10-7-17)20-5-3-13-25(20)15-12-19-16-23-26-14-2-1-4-21(19)26/h1-2,4,6-7,9-10,14,16,20,28H,3,5,8,11-13,15H2,(H,24,27)/t20-/m1/s1. The minimum Gasteiger partial charge on any atom is -0.296 e. The van der Waals surface area contributed by atoms with Crippen molar-refractivity contribution >= 4 is 11.4 Å². The Morgan fingerprint density at radius 2 is 2.04 bits per heavy atom. The first-order chi connectivity index (χ1) is 13.7. The van der Waals surface area contributed by atoms with Gasteiger partial charge in [0, 0.05) is 25.2 Å². The Bertz CT molecular complexity index is 935. The average Bonchev–Trinajstić information content (AvgIpc) is 3.37. The lowest BCUT2D eigenvalue weighted by atomic mass is 10.0. The zero-order chi connectivity index (χ0) is 19.3. The molecule has 0 saturated carbocycles. The SMILES string of the molecule is O=C(CCc1ccc([C@H]2CCCN2CCc2cnn3ccccc23)cc1)NO. The van der Waals surface area contributed by atoms with Crippen molar-refractivity contribution in [2.45, 2.75) is 38.1 Å². The molecule has 0 aliphatic carbocycles. The minimum absolute atomic E-state index is 0.297. The fraction of sp³-hybridized carbons (Fsp3) is 0.364. The summed E-state index contributed by atoms with van der Waals surface area (Å²) in [5, 5.41) is 13.0. The Hall–Kier alpha value is -2.70. The van der Waals surface area contributed by atoms with E-state index in [-0.39, 0.29) is 5.91 Å². The highest BCUT2D eigenvalue weighted by Crippen LogP contribution is 2.32. The summed E-state index contributed by atoms with van der Waals surface area (Å²) in [5.41, 5.74) is 6.62. The van der Waals surface area contributed by atoms with E-state index in [0.717, 1.165) is 25.1 Å². The molecule has 1 aromatic carbocycles. The van der Waals surface area contributed by atoms with Crippen LogP contribution >= 0.6 is 0 Å². The van der Waals surface area contributed by atoms with Gasteiger partial charge < -0.3 is 0 Å². The van der Waals surface area contributed by atoms with Gasteiger partial charge in [0.1, 0.15) is 0 Å². The maximum Gasteiger partial charge on any atom is 0.243 e. The molecule has 3 heterocycles. The van der Waals surface area contributed by atoms with Gasteiger partial charge in [-0.15, -0.1) is 0 Å². The van der Waals surface area contributed by atoms with Crippen molar-refractivity contribution in [1.29, 1.82) is 0 Å².